The smallest absolute Gasteiger partial charge is 0.141 e. The van der Waals surface area contributed by atoms with Crippen molar-refractivity contribution in [3.8, 4) is 11.1 Å². The van der Waals surface area contributed by atoms with E-state index in [1.165, 1.54) is 10.8 Å². The highest BCUT2D eigenvalue weighted by Gasteiger charge is 2.47. The lowest BCUT2D eigenvalue weighted by atomic mass is 9.61. The van der Waals surface area contributed by atoms with E-state index in [9.17, 15) is 5.11 Å². The Hall–Kier alpha value is -3.20. The summed E-state index contributed by atoms with van der Waals surface area (Å²) in [6, 6.07) is 37.7. The molecule has 166 valence electrons. The van der Waals surface area contributed by atoms with Gasteiger partial charge in [0.15, 0.2) is 0 Å². The van der Waals surface area contributed by atoms with Crippen molar-refractivity contribution in [2.24, 2.45) is 0 Å². The fourth-order valence-corrected chi connectivity index (χ4v) is 6.39. The van der Waals surface area contributed by atoms with Crippen LogP contribution in [0, 0.1) is 0 Å². The number of fused-ring (bicyclic) bond motifs is 3. The maximum atomic E-state index is 12.9. The van der Waals surface area contributed by atoms with E-state index < -0.39 is 5.60 Å². The monoisotopic (exact) mass is 504 g/mol. The largest absolute Gasteiger partial charge is 0.376 e. The maximum Gasteiger partial charge on any atom is 0.141 e. The van der Waals surface area contributed by atoms with Gasteiger partial charge >= 0.3 is 0 Å². The highest BCUT2D eigenvalue weighted by Crippen LogP contribution is 2.54. The average Bonchev–Trinajstić information content (AvgIpc) is 2.87. The molecule has 2 heteroatoms. The van der Waals surface area contributed by atoms with E-state index >= 15 is 0 Å². The Morgan fingerprint density at radius 2 is 1.06 bits per heavy atom. The minimum Gasteiger partial charge on any atom is -0.376 e. The molecule has 34 heavy (non-hydrogen) atoms. The number of hydrogen-bond acceptors (Lipinski definition) is 1. The van der Waals surface area contributed by atoms with Crippen LogP contribution in [0.1, 0.15) is 41.7 Å². The number of aliphatic hydroxyl groups is 1. The molecule has 1 aliphatic rings. The predicted molar refractivity (Wildman–Crippen MR) is 144 cm³/mol. The molecule has 0 fully saturated rings. The van der Waals surface area contributed by atoms with Gasteiger partial charge in [-0.2, -0.15) is 0 Å². The van der Waals surface area contributed by atoms with E-state index in [-0.39, 0.29) is 5.41 Å². The molecule has 0 amide bonds. The first kappa shape index (κ1) is 21.3. The second-order valence-electron chi connectivity index (χ2n) is 9.62. The highest BCUT2D eigenvalue weighted by molar-refractivity contribution is 9.10. The minimum absolute atomic E-state index is 0.217. The molecule has 0 radical (unpaired) electrons. The van der Waals surface area contributed by atoms with Gasteiger partial charge in [-0.05, 0) is 44.7 Å². The van der Waals surface area contributed by atoms with Gasteiger partial charge in [0.2, 0.25) is 0 Å². The van der Waals surface area contributed by atoms with Gasteiger partial charge < -0.3 is 5.11 Å². The molecule has 0 spiro atoms. The van der Waals surface area contributed by atoms with Crippen molar-refractivity contribution in [3.05, 3.63) is 141 Å². The molecule has 5 aromatic rings. The van der Waals surface area contributed by atoms with Crippen molar-refractivity contribution < 1.29 is 5.11 Å². The van der Waals surface area contributed by atoms with Gasteiger partial charge in [0.05, 0.1) is 0 Å². The van der Waals surface area contributed by atoms with Gasteiger partial charge in [-0.3, -0.25) is 0 Å². The second kappa shape index (κ2) is 7.66. The number of benzene rings is 5. The van der Waals surface area contributed by atoms with Crippen LogP contribution in [-0.4, -0.2) is 5.11 Å². The predicted octanol–water partition coefficient (Wildman–Crippen LogP) is 8.19. The third kappa shape index (κ3) is 2.89. The zero-order chi connectivity index (χ0) is 23.5. The Morgan fingerprint density at radius 1 is 0.559 bits per heavy atom. The van der Waals surface area contributed by atoms with Crippen molar-refractivity contribution in [2.45, 2.75) is 24.9 Å². The van der Waals surface area contributed by atoms with Gasteiger partial charge in [-0.25, -0.2) is 0 Å². The van der Waals surface area contributed by atoms with E-state index in [4.69, 9.17) is 0 Å². The van der Waals surface area contributed by atoms with Gasteiger partial charge in [0.1, 0.15) is 5.60 Å². The topological polar surface area (TPSA) is 20.2 Å². The molecule has 5 aromatic carbocycles. The molecule has 1 aliphatic carbocycles. The Morgan fingerprint density at radius 3 is 1.74 bits per heavy atom. The fraction of sp³-hybridized carbons (Fsp3) is 0.125. The van der Waals surface area contributed by atoms with Crippen LogP contribution in [0.2, 0.25) is 0 Å². The molecule has 0 heterocycles. The van der Waals surface area contributed by atoms with Crippen LogP contribution in [0.5, 0.6) is 0 Å². The summed E-state index contributed by atoms with van der Waals surface area (Å²) in [4.78, 5) is 0. The average molecular weight is 505 g/mol. The Bertz CT molecular complexity index is 1510. The molecule has 1 nitrogen and oxygen atoms in total. The molecule has 6 rings (SSSR count). The van der Waals surface area contributed by atoms with Crippen LogP contribution in [0.25, 0.3) is 21.9 Å². The van der Waals surface area contributed by atoms with E-state index in [1.54, 1.807) is 0 Å². The van der Waals surface area contributed by atoms with Gasteiger partial charge in [-0.1, -0.05) is 133 Å². The summed E-state index contributed by atoms with van der Waals surface area (Å²) in [6.45, 7) is 4.49. The van der Waals surface area contributed by atoms with Gasteiger partial charge in [0.25, 0.3) is 0 Å². The molecule has 0 bridgehead atoms. The van der Waals surface area contributed by atoms with Crippen LogP contribution in [0.15, 0.2) is 114 Å². The summed E-state index contributed by atoms with van der Waals surface area (Å²) < 4.78 is 0.967. The number of rotatable bonds is 2. The SMILES string of the molecule is CC1(C)c2ccccc2C(O)(c2cccc(Br)c2-c2cccc3ccccc23)c2ccccc21. The quantitative estimate of drug-likeness (QED) is 0.256. The molecule has 0 saturated heterocycles. The first-order chi connectivity index (χ1) is 16.4. The lowest BCUT2D eigenvalue weighted by Gasteiger charge is -2.45. The van der Waals surface area contributed by atoms with Crippen LogP contribution in [0.4, 0.5) is 0 Å². The molecule has 0 aromatic heterocycles. The van der Waals surface area contributed by atoms with Gasteiger partial charge in [0, 0.05) is 21.0 Å². The summed E-state index contributed by atoms with van der Waals surface area (Å²) in [6.07, 6.45) is 0. The summed E-state index contributed by atoms with van der Waals surface area (Å²) >= 11 is 3.85. The second-order valence-corrected chi connectivity index (χ2v) is 10.5. The molecule has 0 atom stereocenters. The Kier molecular flexibility index (Phi) is 4.81. The van der Waals surface area contributed by atoms with E-state index in [1.807, 2.05) is 18.2 Å². The zero-order valence-electron chi connectivity index (χ0n) is 19.2. The van der Waals surface area contributed by atoms with Crippen LogP contribution in [0.3, 0.4) is 0 Å². The Labute approximate surface area is 208 Å². The lowest BCUT2D eigenvalue weighted by molar-refractivity contribution is 0.117. The molecular formula is C32H25BrO. The van der Waals surface area contributed by atoms with Crippen molar-refractivity contribution in [1.29, 1.82) is 0 Å². The minimum atomic E-state index is -1.29. The summed E-state index contributed by atoms with van der Waals surface area (Å²) in [5, 5.41) is 15.2. The van der Waals surface area contributed by atoms with Crippen LogP contribution in [-0.2, 0) is 11.0 Å². The van der Waals surface area contributed by atoms with Crippen molar-refractivity contribution in [2.75, 3.05) is 0 Å². The first-order valence-electron chi connectivity index (χ1n) is 11.6. The highest BCUT2D eigenvalue weighted by atomic mass is 79.9. The van der Waals surface area contributed by atoms with E-state index in [0.29, 0.717) is 0 Å². The molecular weight excluding hydrogens is 480 g/mol. The van der Waals surface area contributed by atoms with E-state index in [2.05, 4.69) is 121 Å². The van der Waals surface area contributed by atoms with Crippen molar-refractivity contribution in [3.63, 3.8) is 0 Å². The maximum absolute atomic E-state index is 12.9. The molecule has 0 saturated carbocycles. The summed E-state index contributed by atoms with van der Waals surface area (Å²) in [7, 11) is 0. The van der Waals surface area contributed by atoms with Crippen molar-refractivity contribution >= 4 is 26.7 Å². The number of hydrogen-bond donors (Lipinski definition) is 1. The standard InChI is InChI=1S/C32H25BrO/c1-31(2)24-15-5-7-17-26(24)32(34,27-18-8-6-16-25(27)31)28-19-10-20-29(33)30(28)23-14-9-12-21-11-3-4-13-22(21)23/h3-20,34H,1-2H3. The lowest BCUT2D eigenvalue weighted by Crippen LogP contribution is -2.41. The van der Waals surface area contributed by atoms with Crippen LogP contribution >= 0.6 is 15.9 Å². The first-order valence-corrected chi connectivity index (χ1v) is 12.4. The third-order valence-electron chi connectivity index (χ3n) is 7.44. The normalized spacial score (nSPS) is 15.5. The summed E-state index contributed by atoms with van der Waals surface area (Å²) in [5.74, 6) is 0. The third-order valence-corrected chi connectivity index (χ3v) is 8.10. The van der Waals surface area contributed by atoms with Gasteiger partial charge in [-0.15, -0.1) is 0 Å². The molecule has 0 unspecified atom stereocenters. The fourth-order valence-electron chi connectivity index (χ4n) is 5.81. The summed E-state index contributed by atoms with van der Waals surface area (Å²) in [5.41, 5.74) is 5.69. The van der Waals surface area contributed by atoms with E-state index in [0.717, 1.165) is 43.4 Å². The molecule has 1 N–H and O–H groups in total. The zero-order valence-corrected chi connectivity index (χ0v) is 20.8. The Balaban J connectivity index is 1.75. The van der Waals surface area contributed by atoms with Crippen molar-refractivity contribution in [1.82, 2.24) is 0 Å². The van der Waals surface area contributed by atoms with Crippen LogP contribution < -0.4 is 0 Å². The number of halogens is 1. The molecule has 0 aliphatic heterocycles.